The molecular weight excluding hydrogens is 627 g/mol. The maximum Gasteiger partial charge on any atom is 0.336 e. The summed E-state index contributed by atoms with van der Waals surface area (Å²) in [7, 11) is 0. The van der Waals surface area contributed by atoms with E-state index in [-0.39, 0.29) is 22.2 Å². The molecule has 3 atom stereocenters. The molecule has 0 amide bonds. The zero-order valence-corrected chi connectivity index (χ0v) is 28.1. The number of aliphatic carboxylic acids is 3. The van der Waals surface area contributed by atoms with Gasteiger partial charge in [0.2, 0.25) is 0 Å². The van der Waals surface area contributed by atoms with Gasteiger partial charge in [-0.2, -0.15) is 4.39 Å². The molecule has 1 unspecified atom stereocenters. The zero-order chi connectivity index (χ0) is 34.8. The Labute approximate surface area is 278 Å². The summed E-state index contributed by atoms with van der Waals surface area (Å²) in [6.45, 7) is 11.4. The molecule has 256 valence electrons. The van der Waals surface area contributed by atoms with Gasteiger partial charge in [0.05, 0.1) is 18.9 Å². The molecule has 10 nitrogen and oxygen atoms in total. The number of hydrogen-bond donors (Lipinski definition) is 4. The molecule has 1 saturated heterocycles. The van der Waals surface area contributed by atoms with E-state index in [1.54, 1.807) is 6.07 Å². The topological polar surface area (TPSA) is 157 Å². The molecule has 1 aliphatic heterocycles. The Balaban J connectivity index is 0.000000392. The number of carboxylic acids is 3. The normalized spacial score (nSPS) is 18.5. The van der Waals surface area contributed by atoms with Gasteiger partial charge in [0, 0.05) is 40.9 Å². The van der Waals surface area contributed by atoms with Gasteiger partial charge in [0.25, 0.3) is 0 Å². The van der Waals surface area contributed by atoms with Crippen molar-refractivity contribution in [2.75, 3.05) is 19.7 Å². The Morgan fingerprint density at radius 1 is 1.04 bits per heavy atom. The standard InChI is InChI=1S/C29H37FN2OS.C6H8O7/c1-5-28(4,24-13-12-22(3)31-20-24)32-19-18-29(21-32,17-16-25-14-15-26(30)34-25)27(33-6-2)23-10-8-7-9-11-23;7-3(8)1-6(13,5(11)12)2-4(9)10/h7-15,20,27H,5-6,16-19,21H2,1-4H3;13H,1-2H2,(H,7,8)(H,9,10)(H,11,12)/t27-,28?,29-;/m1./s1. The van der Waals surface area contributed by atoms with Crippen LogP contribution in [0.2, 0.25) is 0 Å². The summed E-state index contributed by atoms with van der Waals surface area (Å²) in [6.07, 6.45) is 3.66. The number of thiophene rings is 1. The molecule has 1 fully saturated rings. The van der Waals surface area contributed by atoms with Gasteiger partial charge in [-0.25, -0.2) is 4.79 Å². The number of pyridine rings is 1. The number of carbonyl (C=O) groups is 3. The van der Waals surface area contributed by atoms with Crippen molar-refractivity contribution in [3.63, 3.8) is 0 Å². The number of ether oxygens (including phenoxy) is 1. The van der Waals surface area contributed by atoms with Crippen LogP contribution in [0.3, 0.4) is 0 Å². The number of aryl methyl sites for hydroxylation is 2. The maximum absolute atomic E-state index is 13.7. The lowest BCUT2D eigenvalue weighted by Gasteiger charge is -2.42. The summed E-state index contributed by atoms with van der Waals surface area (Å²) >= 11 is 1.27. The van der Waals surface area contributed by atoms with Crippen molar-refractivity contribution in [2.45, 2.75) is 83.5 Å². The Morgan fingerprint density at radius 3 is 2.19 bits per heavy atom. The summed E-state index contributed by atoms with van der Waals surface area (Å²) < 4.78 is 20.2. The first kappa shape index (κ1) is 37.7. The number of halogens is 1. The molecule has 0 bridgehead atoms. The van der Waals surface area contributed by atoms with E-state index < -0.39 is 36.4 Å². The third kappa shape index (κ3) is 9.66. The van der Waals surface area contributed by atoms with Crippen LogP contribution in [-0.4, -0.2) is 73.5 Å². The van der Waals surface area contributed by atoms with Crippen molar-refractivity contribution in [3.8, 4) is 0 Å². The lowest BCUT2D eigenvalue weighted by atomic mass is 9.74. The zero-order valence-electron chi connectivity index (χ0n) is 27.3. The fourth-order valence-electron chi connectivity index (χ4n) is 6.26. The van der Waals surface area contributed by atoms with Crippen molar-refractivity contribution in [1.29, 1.82) is 0 Å². The highest BCUT2D eigenvalue weighted by Gasteiger charge is 2.49. The quantitative estimate of drug-likeness (QED) is 0.149. The molecule has 47 heavy (non-hydrogen) atoms. The van der Waals surface area contributed by atoms with Crippen molar-refractivity contribution in [2.24, 2.45) is 5.41 Å². The SMILES string of the molecule is CCO[C@H](c1ccccc1)[C@]1(CCc2ccc(F)s2)CCN(C(C)(CC)c2ccc(C)nc2)C1.O=C(O)CC(O)(CC(=O)O)C(=O)O. The van der Waals surface area contributed by atoms with Crippen LogP contribution in [0.25, 0.3) is 0 Å². The molecule has 4 N–H and O–H groups in total. The minimum absolute atomic E-state index is 0.00533. The summed E-state index contributed by atoms with van der Waals surface area (Å²) in [5.74, 6) is -5.02. The summed E-state index contributed by atoms with van der Waals surface area (Å²) in [5.41, 5.74) is 0.666. The van der Waals surface area contributed by atoms with E-state index >= 15 is 0 Å². The number of benzene rings is 1. The lowest BCUT2D eigenvalue weighted by Crippen LogP contribution is -2.44. The molecular formula is C35H45FN2O8S. The van der Waals surface area contributed by atoms with Crippen molar-refractivity contribution < 1.29 is 43.9 Å². The minimum atomic E-state index is -2.74. The van der Waals surface area contributed by atoms with Crippen molar-refractivity contribution in [3.05, 3.63) is 87.6 Å². The first-order chi connectivity index (χ1) is 22.2. The number of carboxylic acid groups (broad SMARTS) is 3. The summed E-state index contributed by atoms with van der Waals surface area (Å²) in [5, 5.41) is 33.7. The van der Waals surface area contributed by atoms with Crippen LogP contribution < -0.4 is 0 Å². The van der Waals surface area contributed by atoms with Gasteiger partial charge in [-0.1, -0.05) is 43.3 Å². The third-order valence-electron chi connectivity index (χ3n) is 9.08. The molecule has 0 saturated carbocycles. The molecule has 1 aliphatic rings. The van der Waals surface area contributed by atoms with Crippen LogP contribution >= 0.6 is 11.3 Å². The van der Waals surface area contributed by atoms with Crippen LogP contribution in [0.1, 0.15) is 80.7 Å². The minimum Gasteiger partial charge on any atom is -0.481 e. The molecule has 12 heteroatoms. The van der Waals surface area contributed by atoms with Crippen LogP contribution in [0.5, 0.6) is 0 Å². The van der Waals surface area contributed by atoms with Gasteiger partial charge in [-0.3, -0.25) is 19.5 Å². The smallest absolute Gasteiger partial charge is 0.336 e. The van der Waals surface area contributed by atoms with E-state index in [2.05, 4.69) is 73.1 Å². The first-order valence-electron chi connectivity index (χ1n) is 15.7. The highest BCUT2D eigenvalue weighted by Crippen LogP contribution is 2.51. The number of aromatic nitrogens is 1. The molecule has 3 aromatic rings. The largest absolute Gasteiger partial charge is 0.481 e. The predicted molar refractivity (Wildman–Crippen MR) is 176 cm³/mol. The van der Waals surface area contributed by atoms with Gasteiger partial charge in [0.1, 0.15) is 0 Å². The fourth-order valence-corrected chi connectivity index (χ4v) is 6.98. The Morgan fingerprint density at radius 2 is 1.70 bits per heavy atom. The van der Waals surface area contributed by atoms with Gasteiger partial charge in [-0.15, -0.1) is 11.3 Å². The Kier molecular flexibility index (Phi) is 13.2. The number of likely N-dealkylation sites (tertiary alicyclic amines) is 1. The fraction of sp³-hybridized carbons (Fsp3) is 0.486. The number of hydrogen-bond acceptors (Lipinski definition) is 8. The highest BCUT2D eigenvalue weighted by atomic mass is 32.1. The van der Waals surface area contributed by atoms with Gasteiger partial charge in [0.15, 0.2) is 10.7 Å². The van der Waals surface area contributed by atoms with E-state index in [4.69, 9.17) is 25.2 Å². The van der Waals surface area contributed by atoms with Crippen LogP contribution in [-0.2, 0) is 31.1 Å². The van der Waals surface area contributed by atoms with Crippen LogP contribution in [0.4, 0.5) is 4.39 Å². The second-order valence-electron chi connectivity index (χ2n) is 12.3. The number of rotatable bonds is 15. The first-order valence-corrected chi connectivity index (χ1v) is 16.5. The van der Waals surface area contributed by atoms with E-state index in [1.807, 2.05) is 19.2 Å². The number of aliphatic hydroxyl groups is 1. The van der Waals surface area contributed by atoms with Gasteiger partial charge < -0.3 is 25.2 Å². The van der Waals surface area contributed by atoms with Gasteiger partial charge >= 0.3 is 17.9 Å². The lowest BCUT2D eigenvalue weighted by molar-refractivity contribution is -0.170. The molecule has 1 aromatic carbocycles. The van der Waals surface area contributed by atoms with Crippen molar-refractivity contribution in [1.82, 2.24) is 9.88 Å². The predicted octanol–water partition coefficient (Wildman–Crippen LogP) is 6.07. The molecule has 4 rings (SSSR count). The Bertz CT molecular complexity index is 1470. The monoisotopic (exact) mass is 672 g/mol. The van der Waals surface area contributed by atoms with Crippen LogP contribution in [0.15, 0.2) is 60.8 Å². The average molecular weight is 673 g/mol. The van der Waals surface area contributed by atoms with Crippen molar-refractivity contribution >= 4 is 29.2 Å². The van der Waals surface area contributed by atoms with E-state index in [9.17, 15) is 18.8 Å². The summed E-state index contributed by atoms with van der Waals surface area (Å²) in [6, 6.07) is 18.5. The summed E-state index contributed by atoms with van der Waals surface area (Å²) in [4.78, 5) is 38.8. The second-order valence-corrected chi connectivity index (χ2v) is 13.4. The maximum atomic E-state index is 13.7. The van der Waals surface area contributed by atoms with E-state index in [1.165, 1.54) is 22.5 Å². The third-order valence-corrected chi connectivity index (χ3v) is 10.0. The van der Waals surface area contributed by atoms with Crippen LogP contribution in [0, 0.1) is 17.5 Å². The van der Waals surface area contributed by atoms with E-state index in [0.717, 1.165) is 49.3 Å². The average Bonchev–Trinajstić information content (AvgIpc) is 3.65. The van der Waals surface area contributed by atoms with Gasteiger partial charge in [-0.05, 0) is 82.3 Å². The molecule has 0 aliphatic carbocycles. The van der Waals surface area contributed by atoms with E-state index in [0.29, 0.717) is 6.61 Å². The molecule has 3 heterocycles. The molecule has 0 spiro atoms. The molecule has 0 radical (unpaired) electrons. The number of nitrogens with zero attached hydrogens (tertiary/aromatic N) is 2. The second kappa shape index (κ2) is 16.4. The Hall–Kier alpha value is -3.71. The molecule has 2 aromatic heterocycles. The highest BCUT2D eigenvalue weighted by molar-refractivity contribution is 7.10.